The monoisotopic (exact) mass is 370 g/mol. The fourth-order valence-corrected chi connectivity index (χ4v) is 0.274. The molecule has 0 rings (SSSR count). The fourth-order valence-electron chi connectivity index (χ4n) is 0.274. The molecular weight excluding hydrogens is 360 g/mol. The van der Waals surface area contributed by atoms with E-state index in [4.69, 9.17) is 81.7 Å². The molecule has 0 aromatic rings. The normalized spacial score (nSPS) is 9.38. The summed E-state index contributed by atoms with van der Waals surface area (Å²) < 4.78 is 0. The molecule has 0 radical (unpaired) electrons. The maximum atomic E-state index is 8.44. The van der Waals surface area contributed by atoms with Gasteiger partial charge in [-0.3, -0.25) is 0 Å². The molecule has 1 atom stereocenters. The summed E-state index contributed by atoms with van der Waals surface area (Å²) in [6, 6.07) is 0. The SMILES string of the molecule is CCC(O)C(O)(O)O.O=[N+]([O-])[O-].O=[N+]([O-])[O-].O=[N+]([O-])[O-].O=[N+]([O-])[O-]. The highest BCUT2D eigenvalue weighted by atomic mass is 16.9. The van der Waals surface area contributed by atoms with Crippen LogP contribution in [0, 0.1) is 61.3 Å². The van der Waals surface area contributed by atoms with Gasteiger partial charge in [-0.05, 0) is 6.42 Å². The minimum absolute atomic E-state index is 0.101. The van der Waals surface area contributed by atoms with Crippen LogP contribution in [0.3, 0.4) is 0 Å². The van der Waals surface area contributed by atoms with Gasteiger partial charge < -0.3 is 81.7 Å². The lowest BCUT2D eigenvalue weighted by Crippen LogP contribution is -2.41. The van der Waals surface area contributed by atoms with Crippen molar-refractivity contribution >= 4 is 0 Å². The average molecular weight is 370 g/mol. The summed E-state index contributed by atoms with van der Waals surface area (Å²) >= 11 is 0. The highest BCUT2D eigenvalue weighted by molar-refractivity contribution is 4.58. The smallest absolute Gasteiger partial charge is 0.302 e. The molecule has 0 amide bonds. The van der Waals surface area contributed by atoms with Gasteiger partial charge in [-0.15, -0.1) is 0 Å². The molecule has 0 bridgehead atoms. The number of nitrogens with zero attached hydrogens (tertiary/aromatic N) is 4. The Morgan fingerprint density at radius 2 is 0.833 bits per heavy atom. The van der Waals surface area contributed by atoms with Gasteiger partial charge in [-0.25, -0.2) is 0 Å². The van der Waals surface area contributed by atoms with E-state index in [1.807, 2.05) is 0 Å². The van der Waals surface area contributed by atoms with Crippen LogP contribution in [-0.2, 0) is 0 Å². The van der Waals surface area contributed by atoms with Crippen LogP contribution in [0.15, 0.2) is 0 Å². The van der Waals surface area contributed by atoms with Gasteiger partial charge in [0, 0.05) is 0 Å². The van der Waals surface area contributed by atoms with Crippen molar-refractivity contribution in [2.45, 2.75) is 25.4 Å². The summed E-state index contributed by atoms with van der Waals surface area (Å²) in [5.41, 5.74) is 0. The molecule has 0 aromatic carbocycles. The maximum absolute atomic E-state index is 8.44. The lowest BCUT2D eigenvalue weighted by atomic mass is 10.2. The van der Waals surface area contributed by atoms with Gasteiger partial charge in [-0.1, -0.05) is 6.92 Å². The third kappa shape index (κ3) is 269. The third-order valence-corrected chi connectivity index (χ3v) is 0.834. The molecule has 20 nitrogen and oxygen atoms in total. The Morgan fingerprint density at radius 3 is 0.833 bits per heavy atom. The number of hydrogen-bond donors (Lipinski definition) is 4. The lowest BCUT2D eigenvalue weighted by molar-refractivity contribution is -0.403. The molecule has 0 saturated carbocycles. The first-order chi connectivity index (χ1) is 10.4. The molecule has 4 N–H and O–H groups in total. The van der Waals surface area contributed by atoms with Crippen LogP contribution in [0.4, 0.5) is 0 Å². The lowest BCUT2D eigenvalue weighted by Gasteiger charge is -2.18. The first-order valence-corrected chi connectivity index (χ1v) is 4.52. The Labute approximate surface area is 129 Å². The van der Waals surface area contributed by atoms with Gasteiger partial charge >= 0.3 is 5.97 Å². The third-order valence-electron chi connectivity index (χ3n) is 0.834. The Hall–Kier alpha value is -3.36. The summed E-state index contributed by atoms with van der Waals surface area (Å²) in [7, 11) is 0. The minimum atomic E-state index is -2.94. The molecule has 0 saturated heterocycles. The summed E-state index contributed by atoms with van der Waals surface area (Å²) in [5, 5.41) is 91.9. The Morgan fingerprint density at radius 1 is 0.708 bits per heavy atom. The van der Waals surface area contributed by atoms with Crippen LogP contribution in [0.1, 0.15) is 13.3 Å². The minimum Gasteiger partial charge on any atom is -0.385 e. The molecular formula is C4H10N4O16-4. The van der Waals surface area contributed by atoms with Crippen molar-refractivity contribution in [2.24, 2.45) is 0 Å². The number of rotatable bonds is 2. The van der Waals surface area contributed by atoms with E-state index >= 15 is 0 Å². The van der Waals surface area contributed by atoms with E-state index in [2.05, 4.69) is 0 Å². The molecule has 0 spiro atoms. The average Bonchev–Trinajstić information content (AvgIpc) is 2.23. The Kier molecular flexibility index (Phi) is 26.6. The maximum Gasteiger partial charge on any atom is 0.302 e. The van der Waals surface area contributed by atoms with Gasteiger partial charge in [0.25, 0.3) is 0 Å². The van der Waals surface area contributed by atoms with Crippen molar-refractivity contribution < 1.29 is 40.8 Å². The van der Waals surface area contributed by atoms with Crippen LogP contribution in [-0.4, -0.2) is 52.8 Å². The predicted octanol–water partition coefficient (Wildman–Crippen LogP) is -2.57. The van der Waals surface area contributed by atoms with E-state index < -0.39 is 32.4 Å². The van der Waals surface area contributed by atoms with Gasteiger partial charge in [-0.2, -0.15) is 0 Å². The fraction of sp³-hybridized carbons (Fsp3) is 1.00. The standard InChI is InChI=1S/C4H10O4.4NO3/c1-2-3(5)4(6,7)8;4*2-1(3)4/h3,5-8H,2H2,1H3;;;;/q;4*-1. The highest BCUT2D eigenvalue weighted by Gasteiger charge is 2.27. The number of aliphatic hydroxyl groups is 4. The number of hydrogen-bond acceptors (Lipinski definition) is 16. The second-order valence-corrected chi connectivity index (χ2v) is 2.51. The first-order valence-electron chi connectivity index (χ1n) is 4.52. The molecule has 0 heterocycles. The quantitative estimate of drug-likeness (QED) is 0.220. The molecule has 1 unspecified atom stereocenters. The van der Waals surface area contributed by atoms with E-state index in [1.54, 1.807) is 0 Å². The van der Waals surface area contributed by atoms with Crippen molar-refractivity contribution in [1.82, 2.24) is 0 Å². The first kappa shape index (κ1) is 32.5. The molecule has 0 fully saturated rings. The van der Waals surface area contributed by atoms with E-state index in [9.17, 15) is 0 Å². The van der Waals surface area contributed by atoms with E-state index in [0.29, 0.717) is 0 Å². The van der Waals surface area contributed by atoms with Crippen LogP contribution >= 0.6 is 0 Å². The van der Waals surface area contributed by atoms with Crippen molar-refractivity contribution in [3.8, 4) is 0 Å². The topological polar surface area (TPSA) is 346 Å². The zero-order chi connectivity index (χ0) is 21.1. The molecule has 0 aliphatic heterocycles. The second kappa shape index (κ2) is 19.6. The highest BCUT2D eigenvalue weighted by Crippen LogP contribution is 2.03. The van der Waals surface area contributed by atoms with Gasteiger partial charge in [0.2, 0.25) is 0 Å². The van der Waals surface area contributed by atoms with Crippen molar-refractivity contribution in [2.75, 3.05) is 0 Å². The predicted molar refractivity (Wildman–Crippen MR) is 67.1 cm³/mol. The zero-order valence-electron chi connectivity index (χ0n) is 11.3. The van der Waals surface area contributed by atoms with Crippen molar-refractivity contribution in [3.63, 3.8) is 0 Å². The van der Waals surface area contributed by atoms with Crippen LogP contribution in [0.2, 0.25) is 0 Å². The van der Waals surface area contributed by atoms with Crippen LogP contribution < -0.4 is 0 Å². The largest absolute Gasteiger partial charge is 0.385 e. The second-order valence-electron chi connectivity index (χ2n) is 2.51. The molecule has 146 valence electrons. The Balaban J connectivity index is -0.0000000657. The molecule has 24 heavy (non-hydrogen) atoms. The summed E-state index contributed by atoms with van der Waals surface area (Å²) in [5.74, 6) is -2.94. The Bertz CT molecular complexity index is 286. The van der Waals surface area contributed by atoms with Crippen LogP contribution in [0.25, 0.3) is 0 Å². The van der Waals surface area contributed by atoms with Gasteiger partial charge in [0.1, 0.15) is 6.10 Å². The molecule has 20 heteroatoms. The van der Waals surface area contributed by atoms with Crippen LogP contribution in [0.5, 0.6) is 0 Å². The molecule has 0 aliphatic rings. The summed E-state index contributed by atoms with van der Waals surface area (Å²) in [4.78, 5) is 33.0. The van der Waals surface area contributed by atoms with E-state index in [-0.39, 0.29) is 6.42 Å². The molecule has 0 aromatic heterocycles. The van der Waals surface area contributed by atoms with E-state index in [1.165, 1.54) is 6.92 Å². The number of aliphatic hydroxyl groups excluding tert-OH is 1. The van der Waals surface area contributed by atoms with Gasteiger partial charge in [0.05, 0.1) is 20.3 Å². The van der Waals surface area contributed by atoms with Gasteiger partial charge in [0.15, 0.2) is 0 Å². The summed E-state index contributed by atoms with van der Waals surface area (Å²) in [6.45, 7) is 1.52. The zero-order valence-corrected chi connectivity index (χ0v) is 11.3. The van der Waals surface area contributed by atoms with Crippen molar-refractivity contribution in [3.05, 3.63) is 61.3 Å². The summed E-state index contributed by atoms with van der Waals surface area (Å²) in [6.07, 6.45) is -1.38. The van der Waals surface area contributed by atoms with E-state index in [0.717, 1.165) is 0 Å². The van der Waals surface area contributed by atoms with Crippen molar-refractivity contribution in [1.29, 1.82) is 0 Å². The molecule has 0 aliphatic carbocycles.